The van der Waals surface area contributed by atoms with Gasteiger partial charge in [-0.2, -0.15) is 0 Å². The molecule has 0 aliphatic rings. The maximum atomic E-state index is 9.59. The molecule has 0 heterocycles. The normalized spacial score (nSPS) is 9.00. The van der Waals surface area contributed by atoms with Crippen LogP contribution >= 0.6 is 0 Å². The van der Waals surface area contributed by atoms with Crippen molar-refractivity contribution in [2.45, 2.75) is 13.3 Å². The molecule has 0 saturated carbocycles. The monoisotopic (exact) mass is 227 g/mol. The van der Waals surface area contributed by atoms with Crippen molar-refractivity contribution in [3.05, 3.63) is 60.7 Å². The second-order valence-electron chi connectivity index (χ2n) is 3.55. The van der Waals surface area contributed by atoms with Gasteiger partial charge in [-0.25, -0.2) is 0 Å². The quantitative estimate of drug-likeness (QED) is 0.841. The number of carbonyl (C=O) groups is 1. The van der Waals surface area contributed by atoms with Crippen molar-refractivity contribution in [2.75, 3.05) is 0 Å². The Labute approximate surface area is 102 Å². The summed E-state index contributed by atoms with van der Waals surface area (Å²) in [5.74, 6) is -0.245. The van der Waals surface area contributed by atoms with E-state index in [0.29, 0.717) is 6.42 Å². The zero-order valence-corrected chi connectivity index (χ0v) is 9.97. The highest BCUT2D eigenvalue weighted by Gasteiger charge is 1.91. The van der Waals surface area contributed by atoms with Crippen LogP contribution in [0.1, 0.15) is 13.3 Å². The molecule has 0 spiro atoms. The number of amides is 1. The van der Waals surface area contributed by atoms with Crippen LogP contribution in [0.15, 0.2) is 60.7 Å². The van der Waals surface area contributed by atoms with Gasteiger partial charge >= 0.3 is 0 Å². The molecule has 0 bridgehead atoms. The molecule has 17 heavy (non-hydrogen) atoms. The number of hydrogen-bond donors (Lipinski definition) is 1. The first-order valence-electron chi connectivity index (χ1n) is 5.62. The lowest BCUT2D eigenvalue weighted by Gasteiger charge is -1.98. The highest BCUT2D eigenvalue weighted by molar-refractivity contribution is 5.73. The number of nitrogens with two attached hydrogens (primary N) is 1. The Morgan fingerprint density at radius 2 is 1.18 bits per heavy atom. The molecular weight excluding hydrogens is 210 g/mol. The SMILES string of the molecule is CCC(N)=O.c1ccc(-c2ccccc2)cc1. The van der Waals surface area contributed by atoms with Crippen LogP contribution in [0, 0.1) is 0 Å². The van der Waals surface area contributed by atoms with Crippen LogP contribution in [-0.4, -0.2) is 5.91 Å². The van der Waals surface area contributed by atoms with Gasteiger partial charge in [0.15, 0.2) is 0 Å². The number of benzene rings is 2. The minimum atomic E-state index is -0.245. The first-order valence-corrected chi connectivity index (χ1v) is 5.62. The summed E-state index contributed by atoms with van der Waals surface area (Å²) in [5, 5.41) is 0. The van der Waals surface area contributed by atoms with Crippen LogP contribution < -0.4 is 5.73 Å². The van der Waals surface area contributed by atoms with Crippen molar-refractivity contribution in [2.24, 2.45) is 5.73 Å². The van der Waals surface area contributed by atoms with Crippen LogP contribution in [0.25, 0.3) is 11.1 Å². The minimum absolute atomic E-state index is 0.245. The Morgan fingerprint density at radius 1 is 0.882 bits per heavy atom. The van der Waals surface area contributed by atoms with E-state index < -0.39 is 0 Å². The topological polar surface area (TPSA) is 43.1 Å². The molecule has 0 aromatic heterocycles. The third-order valence-corrected chi connectivity index (χ3v) is 2.23. The van der Waals surface area contributed by atoms with Crippen LogP contribution in [0.2, 0.25) is 0 Å². The molecule has 2 aromatic rings. The molecule has 2 rings (SSSR count). The van der Waals surface area contributed by atoms with E-state index in [2.05, 4.69) is 54.3 Å². The molecule has 2 heteroatoms. The van der Waals surface area contributed by atoms with E-state index in [1.165, 1.54) is 11.1 Å². The van der Waals surface area contributed by atoms with E-state index in [1.54, 1.807) is 6.92 Å². The summed E-state index contributed by atoms with van der Waals surface area (Å²) >= 11 is 0. The van der Waals surface area contributed by atoms with Crippen molar-refractivity contribution >= 4 is 5.91 Å². The Balaban J connectivity index is 0.000000249. The number of rotatable bonds is 2. The summed E-state index contributed by atoms with van der Waals surface area (Å²) in [7, 11) is 0. The average Bonchev–Trinajstić information content (AvgIpc) is 2.41. The first kappa shape index (κ1) is 13.0. The lowest BCUT2D eigenvalue weighted by Crippen LogP contribution is -2.06. The zero-order chi connectivity index (χ0) is 12.5. The molecule has 0 unspecified atom stereocenters. The van der Waals surface area contributed by atoms with Crippen LogP contribution in [0.5, 0.6) is 0 Å². The van der Waals surface area contributed by atoms with Gasteiger partial charge in [-0.15, -0.1) is 0 Å². The lowest BCUT2D eigenvalue weighted by atomic mass is 10.1. The Morgan fingerprint density at radius 3 is 1.41 bits per heavy atom. The smallest absolute Gasteiger partial charge is 0.217 e. The van der Waals surface area contributed by atoms with E-state index >= 15 is 0 Å². The largest absolute Gasteiger partial charge is 0.370 e. The predicted molar refractivity (Wildman–Crippen MR) is 71.4 cm³/mol. The van der Waals surface area contributed by atoms with Gasteiger partial charge in [0.05, 0.1) is 0 Å². The predicted octanol–water partition coefficient (Wildman–Crippen LogP) is 3.24. The van der Waals surface area contributed by atoms with Crippen molar-refractivity contribution < 1.29 is 4.79 Å². The van der Waals surface area contributed by atoms with E-state index in [-0.39, 0.29) is 5.91 Å². The summed E-state index contributed by atoms with van der Waals surface area (Å²) < 4.78 is 0. The van der Waals surface area contributed by atoms with Crippen LogP contribution in [0.3, 0.4) is 0 Å². The van der Waals surface area contributed by atoms with Crippen molar-refractivity contribution in [1.82, 2.24) is 0 Å². The maximum Gasteiger partial charge on any atom is 0.217 e. The molecule has 2 N–H and O–H groups in total. The van der Waals surface area contributed by atoms with Gasteiger partial charge in [0, 0.05) is 6.42 Å². The molecule has 0 atom stereocenters. The third-order valence-electron chi connectivity index (χ3n) is 2.23. The lowest BCUT2D eigenvalue weighted by molar-refractivity contribution is -0.117. The fraction of sp³-hybridized carbons (Fsp3) is 0.133. The van der Waals surface area contributed by atoms with Gasteiger partial charge in [-0.3, -0.25) is 4.79 Å². The maximum absolute atomic E-state index is 9.59. The molecule has 88 valence electrons. The average molecular weight is 227 g/mol. The molecule has 0 saturated heterocycles. The zero-order valence-electron chi connectivity index (χ0n) is 9.97. The molecule has 2 aromatic carbocycles. The molecule has 0 aliphatic heterocycles. The van der Waals surface area contributed by atoms with E-state index in [0.717, 1.165) is 0 Å². The first-order chi connectivity index (χ1) is 8.24. The van der Waals surface area contributed by atoms with Gasteiger partial charge in [-0.1, -0.05) is 67.6 Å². The summed E-state index contributed by atoms with van der Waals surface area (Å²) in [6.07, 6.45) is 0.444. The standard InChI is InChI=1S/C12H10.C3H7NO/c1-3-7-11(8-4-1)12-9-5-2-6-10-12;1-2-3(4)5/h1-10H;2H2,1H3,(H2,4,5). The van der Waals surface area contributed by atoms with Gasteiger partial charge in [0.1, 0.15) is 0 Å². The van der Waals surface area contributed by atoms with Crippen molar-refractivity contribution in [3.8, 4) is 11.1 Å². The van der Waals surface area contributed by atoms with Crippen molar-refractivity contribution in [3.63, 3.8) is 0 Å². The molecular formula is C15H17NO. The molecule has 1 amide bonds. The minimum Gasteiger partial charge on any atom is -0.370 e. The Hall–Kier alpha value is -2.09. The summed E-state index contributed by atoms with van der Waals surface area (Å²) in [5.41, 5.74) is 7.20. The highest BCUT2D eigenvalue weighted by Crippen LogP contribution is 2.17. The summed E-state index contributed by atoms with van der Waals surface area (Å²) in [4.78, 5) is 9.59. The molecule has 0 aliphatic carbocycles. The fourth-order valence-corrected chi connectivity index (χ4v) is 1.26. The number of carbonyl (C=O) groups excluding carboxylic acids is 1. The molecule has 0 radical (unpaired) electrons. The molecule has 2 nitrogen and oxygen atoms in total. The van der Waals surface area contributed by atoms with Gasteiger partial charge in [0.25, 0.3) is 0 Å². The molecule has 0 fully saturated rings. The van der Waals surface area contributed by atoms with E-state index in [9.17, 15) is 4.79 Å². The van der Waals surface area contributed by atoms with E-state index in [4.69, 9.17) is 0 Å². The van der Waals surface area contributed by atoms with Gasteiger partial charge < -0.3 is 5.73 Å². The number of hydrogen-bond acceptors (Lipinski definition) is 1. The van der Waals surface area contributed by atoms with E-state index in [1.807, 2.05) is 12.1 Å². The van der Waals surface area contributed by atoms with Gasteiger partial charge in [-0.05, 0) is 11.1 Å². The fourth-order valence-electron chi connectivity index (χ4n) is 1.26. The van der Waals surface area contributed by atoms with Crippen molar-refractivity contribution in [1.29, 1.82) is 0 Å². The Kier molecular flexibility index (Phi) is 5.52. The van der Waals surface area contributed by atoms with Gasteiger partial charge in [0.2, 0.25) is 5.91 Å². The van der Waals surface area contributed by atoms with Crippen LogP contribution in [-0.2, 0) is 4.79 Å². The second-order valence-corrected chi connectivity index (χ2v) is 3.55. The third kappa shape index (κ3) is 4.98. The summed E-state index contributed by atoms with van der Waals surface area (Å²) in [6, 6.07) is 20.8. The highest BCUT2D eigenvalue weighted by atomic mass is 16.1. The number of primary amides is 1. The summed E-state index contributed by atoms with van der Waals surface area (Å²) in [6.45, 7) is 1.72. The second kappa shape index (κ2) is 7.23. The van der Waals surface area contributed by atoms with Crippen LogP contribution in [0.4, 0.5) is 0 Å². The Bertz CT molecular complexity index is 399.